The molecular weight excluding hydrogens is 600 g/mol. The van der Waals surface area contributed by atoms with E-state index in [-0.39, 0.29) is 5.91 Å². The molecular formula is C38H44N8O2. The molecule has 2 aromatic carbocycles. The molecule has 1 fully saturated rings. The first-order chi connectivity index (χ1) is 23.3. The van der Waals surface area contributed by atoms with Crippen LogP contribution in [0.15, 0.2) is 73.3 Å². The number of methoxy groups -OCH3 is 1. The molecule has 1 aliphatic rings. The smallest absolute Gasteiger partial charge is 0.255 e. The van der Waals surface area contributed by atoms with Gasteiger partial charge in [0.15, 0.2) is 5.65 Å². The minimum Gasteiger partial charge on any atom is -0.385 e. The van der Waals surface area contributed by atoms with Gasteiger partial charge in [0.05, 0.1) is 23.8 Å². The summed E-state index contributed by atoms with van der Waals surface area (Å²) in [6.45, 7) is 8.72. The number of likely N-dealkylation sites (tertiary alicyclic amines) is 1. The summed E-state index contributed by atoms with van der Waals surface area (Å²) in [6, 6.07) is 16.4. The molecule has 1 atom stereocenters. The number of aromatic nitrogens is 4. The number of carbonyl (C=O) groups is 1. The van der Waals surface area contributed by atoms with Crippen LogP contribution in [0.3, 0.4) is 0 Å². The average Bonchev–Trinajstić information content (AvgIpc) is 3.83. The van der Waals surface area contributed by atoms with Gasteiger partial charge in [-0.3, -0.25) is 18.8 Å². The zero-order valence-corrected chi connectivity index (χ0v) is 28.5. The first-order valence-corrected chi connectivity index (χ1v) is 16.4. The minimum absolute atomic E-state index is 0.161. The van der Waals surface area contributed by atoms with Crippen molar-refractivity contribution in [1.82, 2.24) is 29.0 Å². The number of nitrogens with one attached hydrogen (secondary N) is 2. The van der Waals surface area contributed by atoms with Crippen LogP contribution in [0.1, 0.15) is 51.1 Å². The van der Waals surface area contributed by atoms with Crippen LogP contribution in [-0.2, 0) is 17.8 Å². The molecule has 48 heavy (non-hydrogen) atoms. The van der Waals surface area contributed by atoms with Crippen molar-refractivity contribution >= 4 is 28.6 Å². The number of rotatable bonds is 11. The number of likely N-dealkylation sites (N-methyl/N-ethyl adjacent to an activating group) is 1. The molecule has 10 heteroatoms. The molecule has 0 saturated carbocycles. The molecule has 2 N–H and O–H groups in total. The van der Waals surface area contributed by atoms with Crippen LogP contribution < -0.4 is 10.6 Å². The number of anilines is 3. The number of imidazole rings is 1. The number of ether oxygens (including phenoxy) is 1. The fraction of sp³-hybridized carbons (Fsp3) is 0.342. The maximum absolute atomic E-state index is 13.3. The number of hydrogen-bond donors (Lipinski definition) is 2. The van der Waals surface area contributed by atoms with Gasteiger partial charge >= 0.3 is 0 Å². The van der Waals surface area contributed by atoms with E-state index in [1.165, 1.54) is 17.5 Å². The van der Waals surface area contributed by atoms with Crippen molar-refractivity contribution < 1.29 is 9.53 Å². The Labute approximate surface area is 282 Å². The summed E-state index contributed by atoms with van der Waals surface area (Å²) in [5, 5.41) is 10.9. The Hall–Kier alpha value is -4.95. The minimum atomic E-state index is -0.161. The molecule has 6 rings (SSSR count). The van der Waals surface area contributed by atoms with E-state index < -0.39 is 0 Å². The Balaban J connectivity index is 1.12. The second-order valence-electron chi connectivity index (χ2n) is 12.7. The Morgan fingerprint density at radius 3 is 2.73 bits per heavy atom. The Kier molecular flexibility index (Phi) is 10.2. The van der Waals surface area contributed by atoms with Gasteiger partial charge in [-0.05, 0) is 99.8 Å². The van der Waals surface area contributed by atoms with Gasteiger partial charge in [-0.2, -0.15) is 5.10 Å². The van der Waals surface area contributed by atoms with Gasteiger partial charge in [-0.15, -0.1) is 0 Å². The lowest BCUT2D eigenvalue weighted by atomic mass is 10.0. The monoisotopic (exact) mass is 644 g/mol. The molecule has 0 bridgehead atoms. The van der Waals surface area contributed by atoms with Crippen molar-refractivity contribution in [2.45, 2.75) is 45.8 Å². The van der Waals surface area contributed by atoms with E-state index in [4.69, 9.17) is 4.74 Å². The van der Waals surface area contributed by atoms with Crippen LogP contribution in [0.25, 0.3) is 5.65 Å². The summed E-state index contributed by atoms with van der Waals surface area (Å²) in [6.07, 6.45) is 9.59. The Morgan fingerprint density at radius 1 is 1.06 bits per heavy atom. The van der Waals surface area contributed by atoms with Crippen molar-refractivity contribution in [3.8, 4) is 11.8 Å². The predicted molar refractivity (Wildman–Crippen MR) is 191 cm³/mol. The van der Waals surface area contributed by atoms with Gasteiger partial charge in [0.1, 0.15) is 5.69 Å². The molecule has 0 radical (unpaired) electrons. The molecule has 248 valence electrons. The highest BCUT2D eigenvalue weighted by Crippen LogP contribution is 2.23. The number of aryl methyl sites for hydroxylation is 3. The second-order valence-corrected chi connectivity index (χ2v) is 12.7. The molecule has 0 spiro atoms. The summed E-state index contributed by atoms with van der Waals surface area (Å²) >= 11 is 0. The van der Waals surface area contributed by atoms with Gasteiger partial charge in [0.2, 0.25) is 0 Å². The molecule has 0 aliphatic carbocycles. The predicted octanol–water partition coefficient (Wildman–Crippen LogP) is 5.72. The highest BCUT2D eigenvalue weighted by atomic mass is 16.5. The van der Waals surface area contributed by atoms with Gasteiger partial charge in [0.25, 0.3) is 5.91 Å². The van der Waals surface area contributed by atoms with Crippen LogP contribution in [0.2, 0.25) is 0 Å². The largest absolute Gasteiger partial charge is 0.385 e. The third kappa shape index (κ3) is 7.77. The SMILES string of the molecule is COCCCn1cc(Nc2cccn3c(C#Cc4cc(C(=O)Nc5ccc(CN6CCC(N(C)C)C6)c(C)c5)ccc4C)cnc23)cn1. The van der Waals surface area contributed by atoms with E-state index in [1.807, 2.05) is 64.8 Å². The molecule has 1 unspecified atom stereocenters. The number of benzene rings is 2. The third-order valence-electron chi connectivity index (χ3n) is 8.98. The first kappa shape index (κ1) is 33.0. The van der Waals surface area contributed by atoms with E-state index in [1.54, 1.807) is 19.5 Å². The summed E-state index contributed by atoms with van der Waals surface area (Å²) in [5.74, 6) is 6.39. The molecule has 10 nitrogen and oxygen atoms in total. The van der Waals surface area contributed by atoms with Crippen molar-refractivity contribution in [3.63, 3.8) is 0 Å². The number of carbonyl (C=O) groups excluding carboxylic acids is 1. The van der Waals surface area contributed by atoms with Crippen LogP contribution in [-0.4, -0.2) is 81.8 Å². The Morgan fingerprint density at radius 2 is 1.94 bits per heavy atom. The summed E-state index contributed by atoms with van der Waals surface area (Å²) in [5.41, 5.74) is 8.86. The number of pyridine rings is 1. The lowest BCUT2D eigenvalue weighted by Crippen LogP contribution is -2.31. The lowest BCUT2D eigenvalue weighted by molar-refractivity contribution is 0.102. The fourth-order valence-corrected chi connectivity index (χ4v) is 6.08. The van der Waals surface area contributed by atoms with E-state index in [9.17, 15) is 4.79 Å². The van der Waals surface area contributed by atoms with Gasteiger partial charge in [-0.25, -0.2) is 4.98 Å². The van der Waals surface area contributed by atoms with Gasteiger partial charge < -0.3 is 20.3 Å². The zero-order valence-electron chi connectivity index (χ0n) is 28.5. The van der Waals surface area contributed by atoms with Crippen molar-refractivity contribution in [2.24, 2.45) is 0 Å². The molecule has 1 amide bonds. The topological polar surface area (TPSA) is 92.0 Å². The normalized spacial score (nSPS) is 14.8. The van der Waals surface area contributed by atoms with Crippen LogP contribution in [0.5, 0.6) is 0 Å². The lowest BCUT2D eigenvalue weighted by Gasteiger charge is -2.21. The van der Waals surface area contributed by atoms with Crippen LogP contribution in [0, 0.1) is 25.7 Å². The summed E-state index contributed by atoms with van der Waals surface area (Å²) in [7, 11) is 6.01. The van der Waals surface area contributed by atoms with E-state index in [0.29, 0.717) is 18.2 Å². The van der Waals surface area contributed by atoms with Crippen molar-refractivity contribution in [1.29, 1.82) is 0 Å². The quantitative estimate of drug-likeness (QED) is 0.141. The number of hydrogen-bond acceptors (Lipinski definition) is 7. The van der Waals surface area contributed by atoms with Crippen LogP contribution >= 0.6 is 0 Å². The number of nitrogens with zero attached hydrogens (tertiary/aromatic N) is 6. The summed E-state index contributed by atoms with van der Waals surface area (Å²) < 4.78 is 9.00. The molecule has 1 saturated heterocycles. The highest BCUT2D eigenvalue weighted by molar-refractivity contribution is 6.04. The molecule has 5 aromatic rings. The van der Waals surface area contributed by atoms with Gasteiger partial charge in [0, 0.05) is 75.1 Å². The third-order valence-corrected chi connectivity index (χ3v) is 8.98. The maximum Gasteiger partial charge on any atom is 0.255 e. The average molecular weight is 645 g/mol. The fourth-order valence-electron chi connectivity index (χ4n) is 6.08. The van der Waals surface area contributed by atoms with E-state index >= 15 is 0 Å². The van der Waals surface area contributed by atoms with E-state index in [2.05, 4.69) is 75.5 Å². The number of fused-ring (bicyclic) bond motifs is 1. The second kappa shape index (κ2) is 14.9. The van der Waals surface area contributed by atoms with Crippen LogP contribution in [0.4, 0.5) is 17.1 Å². The number of amides is 1. The first-order valence-electron chi connectivity index (χ1n) is 16.4. The van der Waals surface area contributed by atoms with Crippen molar-refractivity contribution in [3.05, 3.63) is 107 Å². The molecule has 1 aliphatic heterocycles. The maximum atomic E-state index is 13.3. The molecule has 4 heterocycles. The van der Waals surface area contributed by atoms with Crippen molar-refractivity contribution in [2.75, 3.05) is 51.5 Å². The zero-order chi connectivity index (χ0) is 33.6. The summed E-state index contributed by atoms with van der Waals surface area (Å²) in [4.78, 5) is 22.8. The Bertz CT molecular complexity index is 1960. The highest BCUT2D eigenvalue weighted by Gasteiger charge is 2.24. The van der Waals surface area contributed by atoms with E-state index in [0.717, 1.165) is 72.1 Å². The van der Waals surface area contributed by atoms with Gasteiger partial charge in [-0.1, -0.05) is 18.1 Å². The standard InChI is InChI=1S/C38H44N8O2/c1-27-9-10-30(38(47)42-32-13-11-31(28(2)20-32)24-44-18-15-35(26-44)43(3)4)21-29(27)12-14-34-23-39-37-36(8-6-17-46(34)37)41-33-22-40-45(25-33)16-7-19-48-5/h6,8-11,13,17,20-23,25,35,41H,7,15-16,18-19,24,26H2,1-5H3,(H,42,47). The molecule has 3 aromatic heterocycles.